The average Bonchev–Trinajstić information content (AvgIpc) is 2.73. The molecule has 0 spiro atoms. The number of nitrogens with one attached hydrogen (secondary N) is 1. The van der Waals surface area contributed by atoms with Gasteiger partial charge in [-0.25, -0.2) is 9.38 Å². The Labute approximate surface area is 165 Å². The Morgan fingerprint density at radius 2 is 1.96 bits per heavy atom. The van der Waals surface area contributed by atoms with Crippen LogP contribution in [0.25, 0.3) is 0 Å². The Bertz CT molecular complexity index is 862. The van der Waals surface area contributed by atoms with E-state index in [2.05, 4.69) is 22.4 Å². The molecule has 1 saturated heterocycles. The van der Waals surface area contributed by atoms with Gasteiger partial charge in [-0.15, -0.1) is 0 Å². The maximum absolute atomic E-state index is 14.5. The van der Waals surface area contributed by atoms with Gasteiger partial charge in [-0.05, 0) is 60.6 Å². The van der Waals surface area contributed by atoms with Crippen LogP contribution in [-0.2, 0) is 24.1 Å². The van der Waals surface area contributed by atoms with E-state index in [1.165, 1.54) is 24.0 Å². The highest BCUT2D eigenvalue weighted by Gasteiger charge is 2.15. The van der Waals surface area contributed by atoms with Crippen molar-refractivity contribution in [2.45, 2.75) is 32.2 Å². The lowest BCUT2D eigenvalue weighted by molar-refractivity contribution is 0.122. The Morgan fingerprint density at radius 3 is 2.79 bits per heavy atom. The van der Waals surface area contributed by atoms with Gasteiger partial charge in [-0.2, -0.15) is 0 Å². The fraction of sp³-hybridized carbons (Fsp3) is 0.409. The predicted molar refractivity (Wildman–Crippen MR) is 111 cm³/mol. The number of fused-ring (bicyclic) bond motifs is 1. The molecule has 4 rings (SSSR count). The third kappa shape index (κ3) is 4.28. The Hall–Kier alpha value is -2.60. The smallest absolute Gasteiger partial charge is 0.193 e. The van der Waals surface area contributed by atoms with E-state index in [-0.39, 0.29) is 5.82 Å². The number of rotatable bonds is 4. The van der Waals surface area contributed by atoms with E-state index in [0.29, 0.717) is 44.5 Å². The van der Waals surface area contributed by atoms with E-state index in [1.54, 1.807) is 6.07 Å². The van der Waals surface area contributed by atoms with E-state index in [0.717, 1.165) is 24.1 Å². The van der Waals surface area contributed by atoms with Gasteiger partial charge in [-0.3, -0.25) is 0 Å². The third-order valence-electron chi connectivity index (χ3n) is 5.45. The van der Waals surface area contributed by atoms with E-state index in [4.69, 9.17) is 10.5 Å². The zero-order valence-electron chi connectivity index (χ0n) is 16.1. The Morgan fingerprint density at radius 1 is 1.14 bits per heavy atom. The van der Waals surface area contributed by atoms with Crippen LogP contribution in [-0.4, -0.2) is 32.3 Å². The Balaban J connectivity index is 1.42. The monoisotopic (exact) mass is 382 g/mol. The summed E-state index contributed by atoms with van der Waals surface area (Å²) in [4.78, 5) is 6.42. The maximum atomic E-state index is 14.5. The van der Waals surface area contributed by atoms with Gasteiger partial charge >= 0.3 is 0 Å². The van der Waals surface area contributed by atoms with Crippen molar-refractivity contribution in [3.63, 3.8) is 0 Å². The summed E-state index contributed by atoms with van der Waals surface area (Å²) in [5.41, 5.74) is 11.3. The summed E-state index contributed by atoms with van der Waals surface area (Å²) in [6.07, 6.45) is 4.64. The highest BCUT2D eigenvalue weighted by molar-refractivity contribution is 5.93. The molecule has 1 fully saturated rings. The number of aryl methyl sites for hydroxylation is 1. The highest BCUT2D eigenvalue weighted by atomic mass is 19.1. The van der Waals surface area contributed by atoms with Gasteiger partial charge in [-0.1, -0.05) is 18.2 Å². The van der Waals surface area contributed by atoms with Crippen LogP contribution < -0.4 is 16.0 Å². The van der Waals surface area contributed by atoms with E-state index in [9.17, 15) is 4.39 Å². The Kier molecular flexibility index (Phi) is 5.76. The molecule has 148 valence electrons. The van der Waals surface area contributed by atoms with Gasteiger partial charge in [0.2, 0.25) is 0 Å². The first-order valence-corrected chi connectivity index (χ1v) is 9.99. The summed E-state index contributed by atoms with van der Waals surface area (Å²) in [5.74, 6) is 0.134. The molecule has 0 amide bonds. The number of aliphatic imine (C=N–C) groups is 1. The molecule has 0 saturated carbocycles. The topological polar surface area (TPSA) is 62.9 Å². The van der Waals surface area contributed by atoms with Gasteiger partial charge in [0.15, 0.2) is 5.96 Å². The van der Waals surface area contributed by atoms with Gasteiger partial charge < -0.3 is 20.7 Å². The molecule has 28 heavy (non-hydrogen) atoms. The number of nitrogens with two attached hydrogens (primary N) is 1. The van der Waals surface area contributed by atoms with Crippen LogP contribution in [0.15, 0.2) is 41.4 Å². The molecule has 0 aromatic heterocycles. The number of ether oxygens (including phenoxy) is 1. The number of morpholine rings is 1. The van der Waals surface area contributed by atoms with Crippen LogP contribution in [0.1, 0.15) is 29.5 Å². The molecule has 3 N–H and O–H groups in total. The molecule has 6 heteroatoms. The lowest BCUT2D eigenvalue weighted by atomic mass is 9.90. The lowest BCUT2D eigenvalue weighted by Crippen LogP contribution is -2.36. The van der Waals surface area contributed by atoms with Crippen molar-refractivity contribution in [1.82, 2.24) is 0 Å². The quantitative estimate of drug-likeness (QED) is 0.628. The minimum absolute atomic E-state index is 0.224. The van der Waals surface area contributed by atoms with Crippen LogP contribution >= 0.6 is 0 Å². The van der Waals surface area contributed by atoms with Crippen molar-refractivity contribution < 1.29 is 9.13 Å². The first-order chi connectivity index (χ1) is 13.7. The molecule has 1 aliphatic heterocycles. The number of hydrogen-bond acceptors (Lipinski definition) is 3. The highest BCUT2D eigenvalue weighted by Crippen LogP contribution is 2.27. The summed E-state index contributed by atoms with van der Waals surface area (Å²) in [5, 5.41) is 3.23. The second-order valence-corrected chi connectivity index (χ2v) is 7.36. The van der Waals surface area contributed by atoms with Crippen molar-refractivity contribution in [2.75, 3.05) is 36.5 Å². The van der Waals surface area contributed by atoms with Crippen LogP contribution in [0.4, 0.5) is 15.8 Å². The molecule has 0 unspecified atom stereocenters. The minimum Gasteiger partial charge on any atom is -0.378 e. The molecular formula is C22H27FN4O. The number of nitrogens with zero attached hydrogens (tertiary/aromatic N) is 2. The molecule has 2 aromatic carbocycles. The van der Waals surface area contributed by atoms with Gasteiger partial charge in [0.1, 0.15) is 5.82 Å². The molecule has 5 nitrogen and oxygen atoms in total. The van der Waals surface area contributed by atoms with Crippen LogP contribution in [0.5, 0.6) is 0 Å². The van der Waals surface area contributed by atoms with E-state index < -0.39 is 0 Å². The molecule has 0 radical (unpaired) electrons. The summed E-state index contributed by atoms with van der Waals surface area (Å²) >= 11 is 0. The van der Waals surface area contributed by atoms with Crippen molar-refractivity contribution in [2.24, 2.45) is 10.7 Å². The first-order valence-electron chi connectivity index (χ1n) is 9.99. The number of anilines is 2. The van der Waals surface area contributed by atoms with E-state index in [1.807, 2.05) is 23.1 Å². The van der Waals surface area contributed by atoms with Gasteiger partial charge in [0, 0.05) is 18.8 Å². The van der Waals surface area contributed by atoms with Crippen molar-refractivity contribution >= 4 is 17.3 Å². The molecule has 0 bridgehead atoms. The summed E-state index contributed by atoms with van der Waals surface area (Å²) < 4.78 is 19.8. The normalized spacial score (nSPS) is 17.3. The fourth-order valence-corrected chi connectivity index (χ4v) is 3.96. The summed E-state index contributed by atoms with van der Waals surface area (Å²) in [7, 11) is 0. The minimum atomic E-state index is -0.224. The molecular weight excluding hydrogens is 355 g/mol. The van der Waals surface area contributed by atoms with Crippen LogP contribution in [0.2, 0.25) is 0 Å². The first kappa shape index (κ1) is 18.7. The number of guanidine groups is 1. The number of halogens is 1. The largest absolute Gasteiger partial charge is 0.378 e. The summed E-state index contributed by atoms with van der Waals surface area (Å²) in [6.45, 7) is 3.04. The van der Waals surface area contributed by atoms with Gasteiger partial charge in [0.05, 0.1) is 25.4 Å². The van der Waals surface area contributed by atoms with E-state index >= 15 is 0 Å². The molecule has 0 atom stereocenters. The van der Waals surface area contributed by atoms with Crippen LogP contribution in [0.3, 0.4) is 0 Å². The van der Waals surface area contributed by atoms with Crippen LogP contribution in [0, 0.1) is 5.82 Å². The van der Waals surface area contributed by atoms with Gasteiger partial charge in [0.25, 0.3) is 0 Å². The fourth-order valence-electron chi connectivity index (χ4n) is 3.96. The molecule has 2 aliphatic rings. The van der Waals surface area contributed by atoms with Crippen molar-refractivity contribution in [3.05, 3.63) is 58.9 Å². The lowest BCUT2D eigenvalue weighted by Gasteiger charge is -2.29. The zero-order chi connectivity index (χ0) is 19.3. The molecule has 1 aliphatic carbocycles. The average molecular weight is 382 g/mol. The third-order valence-corrected chi connectivity index (χ3v) is 5.45. The van der Waals surface area contributed by atoms with Crippen molar-refractivity contribution in [3.8, 4) is 0 Å². The number of benzene rings is 2. The number of hydrogen-bond donors (Lipinski definition) is 2. The molecule has 1 heterocycles. The van der Waals surface area contributed by atoms with Crippen molar-refractivity contribution in [1.29, 1.82) is 0 Å². The molecule has 2 aromatic rings. The second kappa shape index (κ2) is 8.61. The standard InChI is InChI=1S/C22H27FN4O/c23-19-14-16(8-9-21(19)27-10-12-28-13-11-27)15-25-22(24)26-20-7-3-5-17-4-1-2-6-18(17)20/h3,5,7-9,14H,1-2,4,6,10-13,15H2,(H3,24,25,26). The SMILES string of the molecule is NC(=NCc1ccc(N2CCOCC2)c(F)c1)Nc1cccc2c1CCCC2. The zero-order valence-corrected chi connectivity index (χ0v) is 16.1. The summed E-state index contributed by atoms with van der Waals surface area (Å²) in [6, 6.07) is 11.6. The second-order valence-electron chi connectivity index (χ2n) is 7.36. The maximum Gasteiger partial charge on any atom is 0.193 e. The predicted octanol–water partition coefficient (Wildman–Crippen LogP) is 3.47.